The quantitative estimate of drug-likeness (QED) is 0.767. The maximum Gasteiger partial charge on any atom is 0.241 e. The van der Waals surface area contributed by atoms with Gasteiger partial charge in [0.2, 0.25) is 5.91 Å². The van der Waals surface area contributed by atoms with Gasteiger partial charge in [-0.05, 0) is 24.6 Å². The molecule has 0 aliphatic carbocycles. The summed E-state index contributed by atoms with van der Waals surface area (Å²) in [5, 5.41) is 0.424. The van der Waals surface area contributed by atoms with Gasteiger partial charge in [-0.2, -0.15) is 0 Å². The molecule has 1 aliphatic rings. The molecule has 0 spiro atoms. The molecule has 18 heavy (non-hydrogen) atoms. The zero-order valence-corrected chi connectivity index (χ0v) is 11.0. The number of aldehydes is 1. The van der Waals surface area contributed by atoms with Crippen molar-refractivity contribution in [2.75, 3.05) is 31.6 Å². The molecular weight excluding hydrogens is 252 g/mol. The van der Waals surface area contributed by atoms with E-state index in [2.05, 4.69) is 0 Å². The van der Waals surface area contributed by atoms with Crippen LogP contribution in [0, 0.1) is 0 Å². The van der Waals surface area contributed by atoms with Crippen molar-refractivity contribution in [2.24, 2.45) is 0 Å². The van der Waals surface area contributed by atoms with Crippen molar-refractivity contribution >= 4 is 29.5 Å². The lowest BCUT2D eigenvalue weighted by molar-refractivity contribution is -0.127. The van der Waals surface area contributed by atoms with Crippen LogP contribution in [0.2, 0.25) is 5.02 Å². The molecule has 0 atom stereocenters. The molecule has 2 rings (SSSR count). The largest absolute Gasteiger partial charge is 0.362 e. The Balaban J connectivity index is 2.22. The second-order valence-corrected chi connectivity index (χ2v) is 4.82. The first-order valence-corrected chi connectivity index (χ1v) is 6.23. The van der Waals surface area contributed by atoms with E-state index in [9.17, 15) is 9.59 Å². The molecule has 1 aliphatic heterocycles. The van der Waals surface area contributed by atoms with E-state index in [-0.39, 0.29) is 5.91 Å². The highest BCUT2D eigenvalue weighted by molar-refractivity contribution is 6.33. The van der Waals surface area contributed by atoms with Gasteiger partial charge in [0.05, 0.1) is 11.6 Å². The van der Waals surface area contributed by atoms with Crippen molar-refractivity contribution in [3.05, 3.63) is 28.8 Å². The molecule has 1 aromatic carbocycles. The van der Waals surface area contributed by atoms with Gasteiger partial charge in [-0.1, -0.05) is 11.6 Å². The summed E-state index contributed by atoms with van der Waals surface area (Å²) in [6, 6.07) is 5.25. The van der Waals surface area contributed by atoms with Gasteiger partial charge in [-0.15, -0.1) is 0 Å². The van der Waals surface area contributed by atoms with Gasteiger partial charge in [0.1, 0.15) is 0 Å². The van der Waals surface area contributed by atoms with Crippen LogP contribution in [-0.2, 0) is 4.79 Å². The zero-order chi connectivity index (χ0) is 13.1. The van der Waals surface area contributed by atoms with Crippen LogP contribution in [-0.4, -0.2) is 43.8 Å². The molecule has 5 heteroatoms. The number of halogens is 1. The first-order valence-electron chi connectivity index (χ1n) is 5.85. The average molecular weight is 267 g/mol. The molecule has 0 radical (unpaired) electrons. The topological polar surface area (TPSA) is 40.6 Å². The van der Waals surface area contributed by atoms with Crippen molar-refractivity contribution in [1.29, 1.82) is 0 Å². The van der Waals surface area contributed by atoms with Gasteiger partial charge < -0.3 is 9.80 Å². The Kier molecular flexibility index (Phi) is 3.87. The smallest absolute Gasteiger partial charge is 0.241 e. The van der Waals surface area contributed by atoms with Crippen molar-refractivity contribution in [2.45, 2.75) is 6.42 Å². The maximum atomic E-state index is 11.8. The summed E-state index contributed by atoms with van der Waals surface area (Å²) in [7, 11) is 1.81. The Morgan fingerprint density at radius 3 is 2.78 bits per heavy atom. The molecular formula is C13H15ClN2O2. The first-order chi connectivity index (χ1) is 8.61. The SMILES string of the molecule is CN1CCCN(c2ccc(C=O)c(Cl)c2)CC1=O. The van der Waals surface area contributed by atoms with Gasteiger partial charge in [0.25, 0.3) is 0 Å². The Hall–Kier alpha value is -1.55. The number of carbonyl (C=O) groups is 2. The van der Waals surface area contributed by atoms with Gasteiger partial charge in [-0.25, -0.2) is 0 Å². The summed E-state index contributed by atoms with van der Waals surface area (Å²) >= 11 is 6.00. The molecule has 0 saturated carbocycles. The molecule has 1 aromatic rings. The Morgan fingerprint density at radius 2 is 2.11 bits per heavy atom. The van der Waals surface area contributed by atoms with E-state index >= 15 is 0 Å². The van der Waals surface area contributed by atoms with E-state index in [0.29, 0.717) is 17.1 Å². The third kappa shape index (κ3) is 2.64. The molecule has 1 saturated heterocycles. The van der Waals surface area contributed by atoms with Gasteiger partial charge in [-0.3, -0.25) is 9.59 Å². The van der Waals surface area contributed by atoms with Crippen LogP contribution in [0.4, 0.5) is 5.69 Å². The zero-order valence-electron chi connectivity index (χ0n) is 10.2. The summed E-state index contributed by atoms with van der Waals surface area (Å²) in [4.78, 5) is 26.2. The van der Waals surface area contributed by atoms with Gasteiger partial charge in [0.15, 0.2) is 6.29 Å². The van der Waals surface area contributed by atoms with Gasteiger partial charge in [0, 0.05) is 31.4 Å². The molecule has 0 unspecified atom stereocenters. The summed E-state index contributed by atoms with van der Waals surface area (Å²) in [5.74, 6) is 0.100. The average Bonchev–Trinajstić information content (AvgIpc) is 2.52. The van der Waals surface area contributed by atoms with Crippen molar-refractivity contribution < 1.29 is 9.59 Å². The van der Waals surface area contributed by atoms with Crippen LogP contribution in [0.1, 0.15) is 16.8 Å². The fraction of sp³-hybridized carbons (Fsp3) is 0.385. The highest BCUT2D eigenvalue weighted by atomic mass is 35.5. The summed E-state index contributed by atoms with van der Waals surface area (Å²) in [5.41, 5.74) is 1.35. The minimum Gasteiger partial charge on any atom is -0.362 e. The van der Waals surface area contributed by atoms with E-state index in [1.54, 1.807) is 17.0 Å². The second-order valence-electron chi connectivity index (χ2n) is 4.41. The summed E-state index contributed by atoms with van der Waals surface area (Å²) in [6.07, 6.45) is 1.66. The highest BCUT2D eigenvalue weighted by Crippen LogP contribution is 2.23. The van der Waals surface area contributed by atoms with Crippen LogP contribution < -0.4 is 4.90 Å². The number of nitrogens with zero attached hydrogens (tertiary/aromatic N) is 2. The molecule has 1 fully saturated rings. The molecule has 1 heterocycles. The molecule has 0 aromatic heterocycles. The van der Waals surface area contributed by atoms with Crippen LogP contribution in [0.15, 0.2) is 18.2 Å². The van der Waals surface area contributed by atoms with Crippen molar-refractivity contribution in [1.82, 2.24) is 4.90 Å². The molecule has 96 valence electrons. The fourth-order valence-corrected chi connectivity index (χ4v) is 2.23. The summed E-state index contributed by atoms with van der Waals surface area (Å²) in [6.45, 7) is 1.94. The molecule has 4 nitrogen and oxygen atoms in total. The van der Waals surface area contributed by atoms with E-state index in [0.717, 1.165) is 31.5 Å². The Labute approximate surface area is 111 Å². The molecule has 1 amide bonds. The number of benzene rings is 1. The van der Waals surface area contributed by atoms with E-state index in [4.69, 9.17) is 11.6 Å². The number of amides is 1. The molecule has 0 N–H and O–H groups in total. The number of likely N-dealkylation sites (N-methyl/N-ethyl adjacent to an activating group) is 1. The minimum atomic E-state index is 0.100. The van der Waals surface area contributed by atoms with Crippen LogP contribution in [0.25, 0.3) is 0 Å². The lowest BCUT2D eigenvalue weighted by atomic mass is 10.2. The Bertz CT molecular complexity index is 476. The number of rotatable bonds is 2. The van der Waals surface area contributed by atoms with Crippen LogP contribution >= 0.6 is 11.6 Å². The standard InChI is InChI=1S/C13H15ClN2O2/c1-15-5-2-6-16(8-13(15)18)11-4-3-10(9-17)12(14)7-11/h3-4,7,9H,2,5-6,8H2,1H3. The fourth-order valence-electron chi connectivity index (χ4n) is 2.02. The highest BCUT2D eigenvalue weighted by Gasteiger charge is 2.19. The van der Waals surface area contributed by atoms with Crippen molar-refractivity contribution in [3.8, 4) is 0 Å². The lowest BCUT2D eigenvalue weighted by Crippen LogP contribution is -2.34. The minimum absolute atomic E-state index is 0.100. The van der Waals surface area contributed by atoms with E-state index in [1.165, 1.54) is 0 Å². The normalized spacial score (nSPS) is 16.7. The third-order valence-corrected chi connectivity index (χ3v) is 3.48. The number of carbonyl (C=O) groups excluding carboxylic acids is 2. The van der Waals surface area contributed by atoms with E-state index < -0.39 is 0 Å². The Morgan fingerprint density at radius 1 is 1.33 bits per heavy atom. The van der Waals surface area contributed by atoms with Crippen LogP contribution in [0.5, 0.6) is 0 Å². The first kappa shape index (κ1) is 12.9. The number of anilines is 1. The molecule has 0 bridgehead atoms. The third-order valence-electron chi connectivity index (χ3n) is 3.15. The summed E-state index contributed by atoms with van der Waals surface area (Å²) < 4.78 is 0. The monoisotopic (exact) mass is 266 g/mol. The maximum absolute atomic E-state index is 11.8. The van der Waals surface area contributed by atoms with E-state index in [1.807, 2.05) is 18.0 Å². The van der Waals surface area contributed by atoms with Gasteiger partial charge >= 0.3 is 0 Å². The van der Waals surface area contributed by atoms with Crippen molar-refractivity contribution in [3.63, 3.8) is 0 Å². The predicted octanol–water partition coefficient (Wildman–Crippen LogP) is 1.82. The number of hydrogen-bond donors (Lipinski definition) is 0. The predicted molar refractivity (Wildman–Crippen MR) is 71.3 cm³/mol. The number of hydrogen-bond acceptors (Lipinski definition) is 3. The van der Waals surface area contributed by atoms with Crippen LogP contribution in [0.3, 0.4) is 0 Å². The second kappa shape index (κ2) is 5.40. The lowest BCUT2D eigenvalue weighted by Gasteiger charge is -2.22.